The second-order valence-corrected chi connectivity index (χ2v) is 6.65. The number of aromatic nitrogens is 2. The SMILES string of the molecule is Cc1noc(C)c1CSc1ccccc1C(=O)NCc1cccnc1. The van der Waals surface area contributed by atoms with Gasteiger partial charge in [0, 0.05) is 35.2 Å². The van der Waals surface area contributed by atoms with Crippen molar-refractivity contribution in [3.8, 4) is 0 Å². The molecule has 0 radical (unpaired) electrons. The topological polar surface area (TPSA) is 68.0 Å². The van der Waals surface area contributed by atoms with Gasteiger partial charge in [0.1, 0.15) is 5.76 Å². The highest BCUT2D eigenvalue weighted by atomic mass is 32.2. The molecule has 0 unspecified atom stereocenters. The third kappa shape index (κ3) is 4.28. The van der Waals surface area contributed by atoms with Crippen LogP contribution < -0.4 is 5.32 Å². The highest BCUT2D eigenvalue weighted by Gasteiger charge is 2.14. The van der Waals surface area contributed by atoms with E-state index in [1.165, 1.54) is 0 Å². The van der Waals surface area contributed by atoms with Crippen molar-refractivity contribution in [2.75, 3.05) is 0 Å². The summed E-state index contributed by atoms with van der Waals surface area (Å²) in [6.45, 7) is 4.29. The highest BCUT2D eigenvalue weighted by molar-refractivity contribution is 7.98. The first kappa shape index (κ1) is 17.2. The molecular weight excluding hydrogens is 334 g/mol. The predicted octanol–water partition coefficient (Wildman–Crippen LogP) is 3.91. The summed E-state index contributed by atoms with van der Waals surface area (Å²) in [4.78, 5) is 17.6. The van der Waals surface area contributed by atoms with E-state index in [0.29, 0.717) is 17.9 Å². The lowest BCUT2D eigenvalue weighted by atomic mass is 10.2. The third-order valence-electron chi connectivity index (χ3n) is 3.86. The molecule has 0 saturated heterocycles. The molecule has 5 nitrogen and oxygen atoms in total. The van der Waals surface area contributed by atoms with Crippen LogP contribution in [0.4, 0.5) is 0 Å². The molecule has 0 saturated carbocycles. The lowest BCUT2D eigenvalue weighted by Crippen LogP contribution is -2.23. The molecule has 3 rings (SSSR count). The van der Waals surface area contributed by atoms with Crippen LogP contribution in [0.25, 0.3) is 0 Å². The largest absolute Gasteiger partial charge is 0.361 e. The number of benzene rings is 1. The van der Waals surface area contributed by atoms with Crippen molar-refractivity contribution >= 4 is 17.7 Å². The second-order valence-electron chi connectivity index (χ2n) is 5.63. The maximum absolute atomic E-state index is 12.6. The molecule has 0 aliphatic heterocycles. The van der Waals surface area contributed by atoms with Gasteiger partial charge < -0.3 is 9.84 Å². The normalized spacial score (nSPS) is 10.6. The Hall–Kier alpha value is -2.60. The minimum atomic E-state index is -0.0919. The van der Waals surface area contributed by atoms with Crippen LogP contribution in [0.3, 0.4) is 0 Å². The number of hydrogen-bond acceptors (Lipinski definition) is 5. The van der Waals surface area contributed by atoms with Gasteiger partial charge in [0.25, 0.3) is 5.91 Å². The lowest BCUT2D eigenvalue weighted by Gasteiger charge is -2.10. The molecule has 0 aliphatic rings. The van der Waals surface area contributed by atoms with Crippen molar-refractivity contribution in [2.24, 2.45) is 0 Å². The number of amides is 1. The summed E-state index contributed by atoms with van der Waals surface area (Å²) in [6, 6.07) is 11.4. The maximum Gasteiger partial charge on any atom is 0.252 e. The molecule has 0 atom stereocenters. The van der Waals surface area contributed by atoms with E-state index in [1.807, 2.05) is 50.2 Å². The molecule has 3 aromatic rings. The Balaban J connectivity index is 1.69. The number of nitrogens with one attached hydrogen (secondary N) is 1. The zero-order chi connectivity index (χ0) is 17.6. The van der Waals surface area contributed by atoms with Crippen molar-refractivity contribution in [3.63, 3.8) is 0 Å². The first-order valence-corrected chi connectivity index (χ1v) is 8.94. The van der Waals surface area contributed by atoms with E-state index in [0.717, 1.165) is 27.5 Å². The van der Waals surface area contributed by atoms with E-state index < -0.39 is 0 Å². The van der Waals surface area contributed by atoms with Crippen LogP contribution in [0.1, 0.15) is 32.9 Å². The molecule has 1 amide bonds. The number of pyridine rings is 1. The highest BCUT2D eigenvalue weighted by Crippen LogP contribution is 2.28. The Labute approximate surface area is 150 Å². The Bertz CT molecular complexity index is 843. The van der Waals surface area contributed by atoms with Crippen LogP contribution in [0.5, 0.6) is 0 Å². The van der Waals surface area contributed by atoms with Crippen LogP contribution >= 0.6 is 11.8 Å². The molecule has 0 bridgehead atoms. The van der Waals surface area contributed by atoms with Crippen molar-refractivity contribution < 1.29 is 9.32 Å². The molecule has 6 heteroatoms. The van der Waals surface area contributed by atoms with E-state index >= 15 is 0 Å². The fourth-order valence-corrected chi connectivity index (χ4v) is 3.62. The van der Waals surface area contributed by atoms with E-state index in [-0.39, 0.29) is 5.91 Å². The fourth-order valence-electron chi connectivity index (χ4n) is 2.42. The van der Waals surface area contributed by atoms with E-state index in [4.69, 9.17) is 4.52 Å². The van der Waals surface area contributed by atoms with Gasteiger partial charge in [-0.15, -0.1) is 11.8 Å². The van der Waals surface area contributed by atoms with Gasteiger partial charge in [0.15, 0.2) is 0 Å². The number of carbonyl (C=O) groups excluding carboxylic acids is 1. The Morgan fingerprint density at radius 1 is 1.20 bits per heavy atom. The van der Waals surface area contributed by atoms with Gasteiger partial charge >= 0.3 is 0 Å². The molecule has 0 fully saturated rings. The molecule has 128 valence electrons. The second kappa shape index (κ2) is 7.98. The average Bonchev–Trinajstić information content (AvgIpc) is 2.97. The van der Waals surface area contributed by atoms with Gasteiger partial charge in [-0.3, -0.25) is 9.78 Å². The molecule has 0 aliphatic carbocycles. The van der Waals surface area contributed by atoms with Gasteiger partial charge in [-0.2, -0.15) is 0 Å². The van der Waals surface area contributed by atoms with Crippen LogP contribution in [0.2, 0.25) is 0 Å². The first-order valence-electron chi connectivity index (χ1n) is 7.96. The number of rotatable bonds is 6. The zero-order valence-electron chi connectivity index (χ0n) is 14.2. The standard InChI is InChI=1S/C19H19N3O2S/c1-13-17(14(2)24-22-13)12-25-18-8-4-3-7-16(18)19(23)21-11-15-6-5-9-20-10-15/h3-10H,11-12H2,1-2H3,(H,21,23). The fraction of sp³-hybridized carbons (Fsp3) is 0.211. The predicted molar refractivity (Wildman–Crippen MR) is 97.4 cm³/mol. The summed E-state index contributed by atoms with van der Waals surface area (Å²) in [5, 5.41) is 6.92. The number of nitrogens with zero attached hydrogens (tertiary/aromatic N) is 2. The Morgan fingerprint density at radius 2 is 2.04 bits per heavy atom. The van der Waals surface area contributed by atoms with Crippen LogP contribution in [0, 0.1) is 13.8 Å². The molecule has 1 aromatic carbocycles. The zero-order valence-corrected chi connectivity index (χ0v) is 15.0. The number of thioether (sulfide) groups is 1. The Morgan fingerprint density at radius 3 is 2.76 bits per heavy atom. The molecule has 0 spiro atoms. The summed E-state index contributed by atoms with van der Waals surface area (Å²) in [7, 11) is 0. The third-order valence-corrected chi connectivity index (χ3v) is 4.96. The quantitative estimate of drug-likeness (QED) is 0.681. The van der Waals surface area contributed by atoms with E-state index in [1.54, 1.807) is 24.2 Å². The van der Waals surface area contributed by atoms with Crippen molar-refractivity contribution in [3.05, 3.63) is 76.9 Å². The molecular formula is C19H19N3O2S. The molecule has 2 heterocycles. The van der Waals surface area contributed by atoms with E-state index in [2.05, 4.69) is 15.5 Å². The van der Waals surface area contributed by atoms with Gasteiger partial charge in [0.05, 0.1) is 11.3 Å². The van der Waals surface area contributed by atoms with Gasteiger partial charge in [-0.1, -0.05) is 23.4 Å². The molecule has 1 N–H and O–H groups in total. The minimum Gasteiger partial charge on any atom is -0.361 e. The first-order chi connectivity index (χ1) is 12.1. The van der Waals surface area contributed by atoms with Gasteiger partial charge in [-0.05, 0) is 37.6 Å². The monoisotopic (exact) mass is 353 g/mol. The summed E-state index contributed by atoms with van der Waals surface area (Å²) in [5.74, 6) is 1.45. The van der Waals surface area contributed by atoms with Crippen molar-refractivity contribution in [1.29, 1.82) is 0 Å². The van der Waals surface area contributed by atoms with Gasteiger partial charge in [-0.25, -0.2) is 0 Å². The summed E-state index contributed by atoms with van der Waals surface area (Å²) < 4.78 is 5.20. The van der Waals surface area contributed by atoms with E-state index in [9.17, 15) is 4.79 Å². The smallest absolute Gasteiger partial charge is 0.252 e. The number of carbonyl (C=O) groups is 1. The number of hydrogen-bond donors (Lipinski definition) is 1. The Kier molecular flexibility index (Phi) is 5.50. The molecule has 25 heavy (non-hydrogen) atoms. The lowest BCUT2D eigenvalue weighted by molar-refractivity contribution is 0.0948. The maximum atomic E-state index is 12.6. The molecule has 2 aromatic heterocycles. The summed E-state index contributed by atoms with van der Waals surface area (Å²) >= 11 is 1.61. The van der Waals surface area contributed by atoms with Crippen LogP contribution in [-0.2, 0) is 12.3 Å². The van der Waals surface area contributed by atoms with Crippen molar-refractivity contribution in [1.82, 2.24) is 15.5 Å². The minimum absolute atomic E-state index is 0.0919. The number of aryl methyl sites for hydroxylation is 2. The van der Waals surface area contributed by atoms with Crippen molar-refractivity contribution in [2.45, 2.75) is 31.0 Å². The average molecular weight is 353 g/mol. The summed E-state index contributed by atoms with van der Waals surface area (Å²) in [5.41, 5.74) is 3.61. The summed E-state index contributed by atoms with van der Waals surface area (Å²) in [6.07, 6.45) is 3.46. The van der Waals surface area contributed by atoms with Gasteiger partial charge in [0.2, 0.25) is 0 Å². The van der Waals surface area contributed by atoms with Crippen LogP contribution in [0.15, 0.2) is 58.2 Å². The van der Waals surface area contributed by atoms with Crippen LogP contribution in [-0.4, -0.2) is 16.0 Å².